The molecule has 15 heavy (non-hydrogen) atoms. The molecule has 0 amide bonds. The highest BCUT2D eigenvalue weighted by atomic mass is 32.2. The fourth-order valence-corrected chi connectivity index (χ4v) is 2.18. The number of hydrogen-bond acceptors (Lipinski definition) is 3. The molecule has 0 saturated heterocycles. The zero-order chi connectivity index (χ0) is 11.6. The molecule has 0 spiro atoms. The number of aromatic nitrogens is 1. The zero-order valence-electron chi connectivity index (χ0n) is 9.56. The van der Waals surface area contributed by atoms with Gasteiger partial charge in [-0.25, -0.2) is 8.42 Å². The maximum Gasteiger partial charge on any atom is 0.182 e. The van der Waals surface area contributed by atoms with E-state index in [0.717, 1.165) is 5.69 Å². The van der Waals surface area contributed by atoms with E-state index in [1.807, 2.05) is 13.8 Å². The van der Waals surface area contributed by atoms with Crippen molar-refractivity contribution < 1.29 is 8.42 Å². The van der Waals surface area contributed by atoms with Crippen LogP contribution in [0.5, 0.6) is 0 Å². The molecule has 1 aromatic rings. The third-order valence-electron chi connectivity index (χ3n) is 2.30. The lowest BCUT2D eigenvalue weighted by Crippen LogP contribution is -2.14. The van der Waals surface area contributed by atoms with Gasteiger partial charge in [0, 0.05) is 11.9 Å². The van der Waals surface area contributed by atoms with Crippen molar-refractivity contribution in [2.45, 2.75) is 43.8 Å². The average molecular weight is 227 g/mol. The summed E-state index contributed by atoms with van der Waals surface area (Å²) in [6, 6.07) is 3.41. The van der Waals surface area contributed by atoms with E-state index in [1.54, 1.807) is 26.0 Å². The lowest BCUT2D eigenvalue weighted by molar-refractivity contribution is 0.586. The van der Waals surface area contributed by atoms with Crippen molar-refractivity contribution in [2.24, 2.45) is 0 Å². The maximum absolute atomic E-state index is 11.8. The van der Waals surface area contributed by atoms with Gasteiger partial charge in [-0.2, -0.15) is 0 Å². The Balaban J connectivity index is 3.10. The topological polar surface area (TPSA) is 47.0 Å². The van der Waals surface area contributed by atoms with Gasteiger partial charge in [-0.15, -0.1) is 0 Å². The molecule has 0 aromatic carbocycles. The van der Waals surface area contributed by atoms with E-state index >= 15 is 0 Å². The predicted molar refractivity (Wildman–Crippen MR) is 60.6 cm³/mol. The van der Waals surface area contributed by atoms with Crippen molar-refractivity contribution in [1.29, 1.82) is 0 Å². The first kappa shape index (κ1) is 12.2. The highest BCUT2D eigenvalue weighted by Gasteiger charge is 2.19. The van der Waals surface area contributed by atoms with Crippen molar-refractivity contribution >= 4 is 9.84 Å². The van der Waals surface area contributed by atoms with Crippen LogP contribution in [0, 0.1) is 0 Å². The molecule has 1 heterocycles. The molecule has 1 rings (SSSR count). The first-order valence-corrected chi connectivity index (χ1v) is 6.60. The summed E-state index contributed by atoms with van der Waals surface area (Å²) in [6.45, 7) is 7.40. The van der Waals surface area contributed by atoms with E-state index in [4.69, 9.17) is 0 Å². The van der Waals surface area contributed by atoms with Crippen molar-refractivity contribution in [3.8, 4) is 0 Å². The molecule has 0 aliphatic rings. The molecule has 0 saturated carbocycles. The normalized spacial score (nSPS) is 12.4. The standard InChI is InChI=1S/C11H17NO2S/c1-8(2)11-6-5-10(7-12-11)15(13,14)9(3)4/h5-9H,1-4H3. The summed E-state index contributed by atoms with van der Waals surface area (Å²) in [6.07, 6.45) is 1.45. The SMILES string of the molecule is CC(C)c1ccc(S(=O)(=O)C(C)C)cn1. The monoisotopic (exact) mass is 227 g/mol. The Hall–Kier alpha value is -0.900. The van der Waals surface area contributed by atoms with Gasteiger partial charge in [0.15, 0.2) is 9.84 Å². The summed E-state index contributed by atoms with van der Waals surface area (Å²) in [5.41, 5.74) is 0.915. The third kappa shape index (κ3) is 2.56. The van der Waals surface area contributed by atoms with E-state index in [9.17, 15) is 8.42 Å². The molecule has 84 valence electrons. The molecule has 0 aliphatic heterocycles. The predicted octanol–water partition coefficient (Wildman–Crippen LogP) is 2.39. The van der Waals surface area contributed by atoms with Crippen LogP contribution >= 0.6 is 0 Å². The lowest BCUT2D eigenvalue weighted by atomic mass is 10.1. The summed E-state index contributed by atoms with van der Waals surface area (Å²) in [7, 11) is -3.18. The summed E-state index contributed by atoms with van der Waals surface area (Å²) < 4.78 is 23.5. The zero-order valence-corrected chi connectivity index (χ0v) is 10.4. The van der Waals surface area contributed by atoms with Gasteiger partial charge in [0.1, 0.15) is 0 Å². The molecule has 4 heteroatoms. The molecule has 0 N–H and O–H groups in total. The van der Waals surface area contributed by atoms with Crippen molar-refractivity contribution in [3.63, 3.8) is 0 Å². The largest absolute Gasteiger partial charge is 0.260 e. The van der Waals surface area contributed by atoms with Gasteiger partial charge in [-0.3, -0.25) is 4.98 Å². The first-order valence-electron chi connectivity index (χ1n) is 5.05. The molecule has 0 unspecified atom stereocenters. The second-order valence-electron chi connectivity index (χ2n) is 4.17. The van der Waals surface area contributed by atoms with Gasteiger partial charge in [0.05, 0.1) is 10.1 Å². The highest BCUT2D eigenvalue weighted by Crippen LogP contribution is 2.17. The average Bonchev–Trinajstić information content (AvgIpc) is 2.17. The molecule has 0 aliphatic carbocycles. The van der Waals surface area contributed by atoms with E-state index in [2.05, 4.69) is 4.98 Å². The Morgan fingerprint density at radius 2 is 1.73 bits per heavy atom. The van der Waals surface area contributed by atoms with Gasteiger partial charge < -0.3 is 0 Å². The highest BCUT2D eigenvalue weighted by molar-refractivity contribution is 7.92. The smallest absolute Gasteiger partial charge is 0.182 e. The summed E-state index contributed by atoms with van der Waals surface area (Å²) in [5.74, 6) is 0.320. The van der Waals surface area contributed by atoms with E-state index in [1.165, 1.54) is 6.20 Å². The molecule has 1 aromatic heterocycles. The fraction of sp³-hybridized carbons (Fsp3) is 0.545. The van der Waals surface area contributed by atoms with Crippen LogP contribution in [0.3, 0.4) is 0 Å². The Kier molecular flexibility index (Phi) is 3.50. The second kappa shape index (κ2) is 4.31. The Morgan fingerprint density at radius 1 is 1.13 bits per heavy atom. The Bertz CT molecular complexity index is 418. The van der Waals surface area contributed by atoms with Gasteiger partial charge in [-0.1, -0.05) is 13.8 Å². The molecule has 0 bridgehead atoms. The third-order valence-corrected chi connectivity index (χ3v) is 4.44. The van der Waals surface area contributed by atoms with Gasteiger partial charge in [0.2, 0.25) is 0 Å². The van der Waals surface area contributed by atoms with Crippen LogP contribution in [0.25, 0.3) is 0 Å². The number of hydrogen-bond donors (Lipinski definition) is 0. The number of nitrogens with zero attached hydrogens (tertiary/aromatic N) is 1. The molecular formula is C11H17NO2S. The Labute approximate surface area is 91.5 Å². The van der Waals surface area contributed by atoms with Gasteiger partial charge >= 0.3 is 0 Å². The van der Waals surface area contributed by atoms with Gasteiger partial charge in [0.25, 0.3) is 0 Å². The van der Waals surface area contributed by atoms with E-state index < -0.39 is 15.1 Å². The summed E-state index contributed by atoms with van der Waals surface area (Å²) in [5, 5.41) is -0.399. The van der Waals surface area contributed by atoms with Gasteiger partial charge in [-0.05, 0) is 31.9 Å². The lowest BCUT2D eigenvalue weighted by Gasteiger charge is -2.09. The van der Waals surface area contributed by atoms with Crippen LogP contribution in [-0.2, 0) is 9.84 Å². The fourth-order valence-electron chi connectivity index (χ4n) is 1.17. The number of pyridine rings is 1. The quantitative estimate of drug-likeness (QED) is 0.796. The number of rotatable bonds is 3. The van der Waals surface area contributed by atoms with Crippen LogP contribution in [0.4, 0.5) is 0 Å². The van der Waals surface area contributed by atoms with Crippen molar-refractivity contribution in [1.82, 2.24) is 4.98 Å². The molecule has 3 nitrogen and oxygen atoms in total. The number of sulfone groups is 1. The van der Waals surface area contributed by atoms with Crippen LogP contribution < -0.4 is 0 Å². The van der Waals surface area contributed by atoms with E-state index in [-0.39, 0.29) is 0 Å². The minimum atomic E-state index is -3.18. The molecule has 0 atom stereocenters. The molecule has 0 radical (unpaired) electrons. The summed E-state index contributed by atoms with van der Waals surface area (Å²) in [4.78, 5) is 4.46. The van der Waals surface area contributed by atoms with Crippen molar-refractivity contribution in [3.05, 3.63) is 24.0 Å². The second-order valence-corrected chi connectivity index (χ2v) is 6.67. The Morgan fingerprint density at radius 3 is 2.07 bits per heavy atom. The van der Waals surface area contributed by atoms with Crippen molar-refractivity contribution in [2.75, 3.05) is 0 Å². The minimum Gasteiger partial charge on any atom is -0.260 e. The van der Waals surface area contributed by atoms with Crippen LogP contribution in [-0.4, -0.2) is 18.7 Å². The van der Waals surface area contributed by atoms with E-state index in [0.29, 0.717) is 10.8 Å². The molecular weight excluding hydrogens is 210 g/mol. The van der Waals surface area contributed by atoms with Crippen LogP contribution in [0.15, 0.2) is 23.2 Å². The molecule has 0 fully saturated rings. The minimum absolute atomic E-state index is 0.307. The van der Waals surface area contributed by atoms with Crippen LogP contribution in [0.2, 0.25) is 0 Å². The maximum atomic E-state index is 11.8. The summed E-state index contributed by atoms with van der Waals surface area (Å²) >= 11 is 0. The van der Waals surface area contributed by atoms with Crippen LogP contribution in [0.1, 0.15) is 39.3 Å². The first-order chi connectivity index (χ1) is 6.85.